The lowest BCUT2D eigenvalue weighted by molar-refractivity contribution is -0.131. The zero-order valence-corrected chi connectivity index (χ0v) is 11.7. The quantitative estimate of drug-likeness (QED) is 0.826. The number of methoxy groups -OCH3 is 1. The van der Waals surface area contributed by atoms with Crippen molar-refractivity contribution in [1.29, 1.82) is 0 Å². The summed E-state index contributed by atoms with van der Waals surface area (Å²) in [5, 5.41) is 8.66. The first kappa shape index (κ1) is 14.7. The number of hydrogen-bond donors (Lipinski definition) is 1. The molecule has 0 atom stereocenters. The van der Waals surface area contributed by atoms with E-state index in [2.05, 4.69) is 0 Å². The Morgan fingerprint density at radius 2 is 1.95 bits per heavy atom. The summed E-state index contributed by atoms with van der Waals surface area (Å²) in [6.45, 7) is 0.349. The predicted octanol–water partition coefficient (Wildman–Crippen LogP) is 3.37. The number of benzene rings is 2. The second kappa shape index (κ2) is 7.14. The molecule has 0 spiro atoms. The van der Waals surface area contributed by atoms with Crippen molar-refractivity contribution in [2.45, 2.75) is 6.61 Å². The highest BCUT2D eigenvalue weighted by molar-refractivity contribution is 5.85. The Morgan fingerprint density at radius 3 is 2.62 bits per heavy atom. The van der Waals surface area contributed by atoms with Crippen LogP contribution in [0.5, 0.6) is 11.5 Å². The van der Waals surface area contributed by atoms with Gasteiger partial charge in [-0.25, -0.2) is 4.79 Å². The Bertz CT molecular complexity index is 632. The summed E-state index contributed by atoms with van der Waals surface area (Å²) < 4.78 is 11.0. The maximum absolute atomic E-state index is 10.6. The molecule has 0 fully saturated rings. The van der Waals surface area contributed by atoms with Crippen LogP contribution in [0.4, 0.5) is 0 Å². The molecule has 0 amide bonds. The van der Waals surface area contributed by atoms with E-state index in [4.69, 9.17) is 14.6 Å². The van der Waals surface area contributed by atoms with Crippen molar-refractivity contribution in [1.82, 2.24) is 0 Å². The highest BCUT2D eigenvalue weighted by atomic mass is 16.5. The molecule has 0 bridgehead atoms. The molecule has 4 heteroatoms. The summed E-state index contributed by atoms with van der Waals surface area (Å²) >= 11 is 0. The molecule has 0 radical (unpaired) electrons. The van der Waals surface area contributed by atoms with Crippen LogP contribution in [0.15, 0.2) is 54.6 Å². The first-order valence-electron chi connectivity index (χ1n) is 6.45. The molecule has 4 nitrogen and oxygen atoms in total. The minimum absolute atomic E-state index is 0.349. The van der Waals surface area contributed by atoms with Gasteiger partial charge in [0.05, 0.1) is 7.11 Å². The van der Waals surface area contributed by atoms with Crippen molar-refractivity contribution in [2.75, 3.05) is 7.11 Å². The van der Waals surface area contributed by atoms with Gasteiger partial charge in [0, 0.05) is 11.6 Å². The van der Waals surface area contributed by atoms with E-state index in [1.165, 1.54) is 6.08 Å². The maximum Gasteiger partial charge on any atom is 0.328 e. The summed E-state index contributed by atoms with van der Waals surface area (Å²) in [6, 6.07) is 14.9. The molecule has 2 aromatic carbocycles. The van der Waals surface area contributed by atoms with Gasteiger partial charge in [0.15, 0.2) is 0 Å². The molecule has 2 aromatic rings. The van der Waals surface area contributed by atoms with E-state index in [1.54, 1.807) is 19.2 Å². The fourth-order valence-corrected chi connectivity index (χ4v) is 1.86. The van der Waals surface area contributed by atoms with Gasteiger partial charge >= 0.3 is 5.97 Å². The minimum atomic E-state index is -0.979. The zero-order chi connectivity index (χ0) is 15.1. The van der Waals surface area contributed by atoms with Gasteiger partial charge in [-0.3, -0.25) is 0 Å². The molecule has 1 N–H and O–H groups in total. The normalized spacial score (nSPS) is 10.5. The van der Waals surface area contributed by atoms with E-state index in [-0.39, 0.29) is 0 Å². The van der Waals surface area contributed by atoms with Crippen molar-refractivity contribution in [3.8, 4) is 11.5 Å². The van der Waals surface area contributed by atoms with Crippen molar-refractivity contribution in [3.63, 3.8) is 0 Å². The third-order valence-corrected chi connectivity index (χ3v) is 2.86. The van der Waals surface area contributed by atoms with Crippen molar-refractivity contribution < 1.29 is 19.4 Å². The van der Waals surface area contributed by atoms with Crippen LogP contribution < -0.4 is 9.47 Å². The smallest absolute Gasteiger partial charge is 0.328 e. The average Bonchev–Trinajstić information content (AvgIpc) is 2.52. The molecule has 0 aliphatic rings. The van der Waals surface area contributed by atoms with E-state index < -0.39 is 5.97 Å². The van der Waals surface area contributed by atoms with E-state index in [0.717, 1.165) is 23.0 Å². The molecule has 108 valence electrons. The third kappa shape index (κ3) is 4.38. The van der Waals surface area contributed by atoms with Crippen LogP contribution in [0.3, 0.4) is 0 Å². The van der Waals surface area contributed by atoms with E-state index in [1.807, 2.05) is 36.4 Å². The van der Waals surface area contributed by atoms with Gasteiger partial charge in [-0.2, -0.15) is 0 Å². The van der Waals surface area contributed by atoms with Gasteiger partial charge in [-0.1, -0.05) is 24.3 Å². The van der Waals surface area contributed by atoms with Crippen molar-refractivity contribution >= 4 is 12.0 Å². The Hall–Kier alpha value is -2.75. The number of carbonyl (C=O) groups is 1. The number of carboxylic acids is 1. The van der Waals surface area contributed by atoms with Crippen LogP contribution >= 0.6 is 0 Å². The molecule has 0 unspecified atom stereocenters. The average molecular weight is 284 g/mol. The zero-order valence-electron chi connectivity index (χ0n) is 11.7. The van der Waals surface area contributed by atoms with Gasteiger partial charge in [0.1, 0.15) is 18.1 Å². The van der Waals surface area contributed by atoms with Crippen LogP contribution in [0.1, 0.15) is 11.1 Å². The van der Waals surface area contributed by atoms with Gasteiger partial charge in [0.25, 0.3) is 0 Å². The van der Waals surface area contributed by atoms with Crippen molar-refractivity contribution in [3.05, 3.63) is 65.7 Å². The predicted molar refractivity (Wildman–Crippen MR) is 80.4 cm³/mol. The summed E-state index contributed by atoms with van der Waals surface area (Å²) in [5.41, 5.74) is 1.64. The molecule has 0 saturated heterocycles. The van der Waals surface area contributed by atoms with Crippen LogP contribution in [0, 0.1) is 0 Å². The molecule has 2 rings (SSSR count). The lowest BCUT2D eigenvalue weighted by Gasteiger charge is -2.11. The first-order valence-corrected chi connectivity index (χ1v) is 6.45. The van der Waals surface area contributed by atoms with Gasteiger partial charge in [-0.05, 0) is 35.9 Å². The number of ether oxygens (including phenoxy) is 2. The summed E-state index contributed by atoms with van der Waals surface area (Å²) in [4.78, 5) is 10.6. The monoisotopic (exact) mass is 284 g/mol. The maximum atomic E-state index is 10.6. The largest absolute Gasteiger partial charge is 0.496 e. The van der Waals surface area contributed by atoms with Crippen LogP contribution in [0.2, 0.25) is 0 Å². The molecule has 0 saturated carbocycles. The molecular weight excluding hydrogens is 268 g/mol. The number of aliphatic carboxylic acids is 1. The highest BCUT2D eigenvalue weighted by Gasteiger charge is 2.05. The summed E-state index contributed by atoms with van der Waals surface area (Å²) in [7, 11) is 1.59. The SMILES string of the molecule is COc1ccc(/C=C/C(=O)O)cc1COc1ccccc1. The number of carboxylic acid groups (broad SMARTS) is 1. The molecule has 0 aromatic heterocycles. The van der Waals surface area contributed by atoms with Gasteiger partial charge < -0.3 is 14.6 Å². The van der Waals surface area contributed by atoms with Crippen LogP contribution in [-0.4, -0.2) is 18.2 Å². The second-order valence-electron chi connectivity index (χ2n) is 4.34. The fraction of sp³-hybridized carbons (Fsp3) is 0.118. The lowest BCUT2D eigenvalue weighted by atomic mass is 10.1. The summed E-state index contributed by atoms with van der Waals surface area (Å²) in [6.07, 6.45) is 2.64. The third-order valence-electron chi connectivity index (χ3n) is 2.86. The molecule has 0 heterocycles. The molecule has 21 heavy (non-hydrogen) atoms. The van der Waals surface area contributed by atoms with E-state index in [0.29, 0.717) is 12.4 Å². The fourth-order valence-electron chi connectivity index (χ4n) is 1.86. The number of hydrogen-bond acceptors (Lipinski definition) is 3. The molecule has 0 aliphatic heterocycles. The Morgan fingerprint density at radius 1 is 1.19 bits per heavy atom. The number of rotatable bonds is 6. The number of para-hydroxylation sites is 1. The second-order valence-corrected chi connectivity index (χ2v) is 4.34. The Kier molecular flexibility index (Phi) is 4.99. The van der Waals surface area contributed by atoms with E-state index in [9.17, 15) is 4.79 Å². The molecule has 0 aliphatic carbocycles. The standard InChI is InChI=1S/C17H16O4/c1-20-16-9-7-13(8-10-17(18)19)11-14(16)12-21-15-5-3-2-4-6-15/h2-11H,12H2,1H3,(H,18,19)/b10-8+. The highest BCUT2D eigenvalue weighted by Crippen LogP contribution is 2.22. The Balaban J connectivity index is 2.16. The van der Waals surface area contributed by atoms with Gasteiger partial charge in [-0.15, -0.1) is 0 Å². The van der Waals surface area contributed by atoms with Crippen LogP contribution in [0.25, 0.3) is 6.08 Å². The topological polar surface area (TPSA) is 55.8 Å². The minimum Gasteiger partial charge on any atom is -0.496 e. The van der Waals surface area contributed by atoms with Crippen molar-refractivity contribution in [2.24, 2.45) is 0 Å². The van der Waals surface area contributed by atoms with Crippen LogP contribution in [-0.2, 0) is 11.4 Å². The summed E-state index contributed by atoms with van der Waals surface area (Å²) in [5.74, 6) is 0.498. The lowest BCUT2D eigenvalue weighted by Crippen LogP contribution is -1.99. The Labute approximate surface area is 123 Å². The first-order chi connectivity index (χ1) is 10.2. The van der Waals surface area contributed by atoms with E-state index >= 15 is 0 Å². The van der Waals surface area contributed by atoms with Gasteiger partial charge in [0.2, 0.25) is 0 Å². The molecular formula is C17H16O4.